The van der Waals surface area contributed by atoms with Crippen LogP contribution in [0.15, 0.2) is 0 Å². The molecular formula is C9H17ClN2O. The SMILES string of the molecule is Cl.O=C(NC1CCC1)[C@@H]1CCNC1. The fourth-order valence-electron chi connectivity index (χ4n) is 1.75. The summed E-state index contributed by atoms with van der Waals surface area (Å²) in [5, 5.41) is 6.28. The number of rotatable bonds is 2. The molecule has 3 nitrogen and oxygen atoms in total. The number of hydrogen-bond acceptors (Lipinski definition) is 2. The van der Waals surface area contributed by atoms with E-state index in [0.29, 0.717) is 6.04 Å². The second-order valence-electron chi connectivity index (χ2n) is 3.83. The van der Waals surface area contributed by atoms with Crippen LogP contribution < -0.4 is 10.6 Å². The van der Waals surface area contributed by atoms with E-state index in [4.69, 9.17) is 0 Å². The Hall–Kier alpha value is -0.280. The molecule has 1 aliphatic carbocycles. The summed E-state index contributed by atoms with van der Waals surface area (Å²) in [5.41, 5.74) is 0. The van der Waals surface area contributed by atoms with Crippen molar-refractivity contribution in [3.8, 4) is 0 Å². The van der Waals surface area contributed by atoms with Crippen LogP contribution in [0.2, 0.25) is 0 Å². The van der Waals surface area contributed by atoms with Crippen LogP contribution in [-0.2, 0) is 4.79 Å². The van der Waals surface area contributed by atoms with Crippen LogP contribution in [0.25, 0.3) is 0 Å². The molecule has 1 atom stereocenters. The molecule has 2 aliphatic rings. The molecule has 1 saturated carbocycles. The Morgan fingerprint density at radius 3 is 2.54 bits per heavy atom. The molecule has 2 N–H and O–H groups in total. The molecule has 0 bridgehead atoms. The molecule has 1 heterocycles. The van der Waals surface area contributed by atoms with Gasteiger partial charge in [-0.05, 0) is 32.2 Å². The minimum atomic E-state index is 0. The largest absolute Gasteiger partial charge is 0.353 e. The minimum Gasteiger partial charge on any atom is -0.353 e. The van der Waals surface area contributed by atoms with E-state index in [9.17, 15) is 4.79 Å². The standard InChI is InChI=1S/C9H16N2O.ClH/c12-9(7-4-5-10-6-7)11-8-2-1-3-8;/h7-8,10H,1-6H2,(H,11,12);1H/t7-;/m1./s1. The first-order chi connectivity index (χ1) is 5.86. The quantitative estimate of drug-likeness (QED) is 0.695. The summed E-state index contributed by atoms with van der Waals surface area (Å²) in [5.74, 6) is 0.510. The van der Waals surface area contributed by atoms with Crippen LogP contribution in [0.5, 0.6) is 0 Å². The number of hydrogen-bond donors (Lipinski definition) is 2. The third-order valence-electron chi connectivity index (χ3n) is 2.88. The zero-order valence-electron chi connectivity index (χ0n) is 7.71. The first-order valence-corrected chi connectivity index (χ1v) is 4.87. The second kappa shape index (κ2) is 4.82. The molecule has 13 heavy (non-hydrogen) atoms. The molecule has 0 unspecified atom stereocenters. The summed E-state index contributed by atoms with van der Waals surface area (Å²) in [6.07, 6.45) is 4.67. The zero-order chi connectivity index (χ0) is 8.39. The summed E-state index contributed by atoms with van der Waals surface area (Å²) in [7, 11) is 0. The van der Waals surface area contributed by atoms with Crippen molar-refractivity contribution in [1.82, 2.24) is 10.6 Å². The maximum absolute atomic E-state index is 11.5. The van der Waals surface area contributed by atoms with Gasteiger partial charge in [0.15, 0.2) is 0 Å². The van der Waals surface area contributed by atoms with Gasteiger partial charge in [-0.25, -0.2) is 0 Å². The molecule has 2 fully saturated rings. The molecule has 2 rings (SSSR count). The fourth-order valence-corrected chi connectivity index (χ4v) is 1.75. The molecule has 0 aromatic heterocycles. The second-order valence-corrected chi connectivity index (χ2v) is 3.83. The lowest BCUT2D eigenvalue weighted by atomic mass is 9.92. The minimum absolute atomic E-state index is 0. The topological polar surface area (TPSA) is 41.1 Å². The molecule has 1 amide bonds. The van der Waals surface area contributed by atoms with Crippen molar-refractivity contribution in [1.29, 1.82) is 0 Å². The molecule has 0 spiro atoms. The Balaban J connectivity index is 0.000000845. The monoisotopic (exact) mass is 204 g/mol. The average molecular weight is 205 g/mol. The van der Waals surface area contributed by atoms with Gasteiger partial charge in [-0.3, -0.25) is 4.79 Å². The predicted molar refractivity (Wildman–Crippen MR) is 54.0 cm³/mol. The lowest BCUT2D eigenvalue weighted by Crippen LogP contribution is -2.43. The van der Waals surface area contributed by atoms with Gasteiger partial charge >= 0.3 is 0 Å². The van der Waals surface area contributed by atoms with Gasteiger partial charge < -0.3 is 10.6 Å². The third-order valence-corrected chi connectivity index (χ3v) is 2.88. The smallest absolute Gasteiger partial charge is 0.224 e. The Labute approximate surface area is 85.1 Å². The summed E-state index contributed by atoms with van der Waals surface area (Å²) >= 11 is 0. The van der Waals surface area contributed by atoms with Crippen LogP contribution >= 0.6 is 12.4 Å². The highest BCUT2D eigenvalue weighted by Crippen LogP contribution is 2.19. The van der Waals surface area contributed by atoms with Crippen LogP contribution in [-0.4, -0.2) is 25.0 Å². The van der Waals surface area contributed by atoms with Crippen molar-refractivity contribution in [2.75, 3.05) is 13.1 Å². The molecule has 0 aromatic carbocycles. The first kappa shape index (κ1) is 10.8. The number of carbonyl (C=O) groups excluding carboxylic acids is 1. The van der Waals surface area contributed by atoms with E-state index in [1.165, 1.54) is 19.3 Å². The van der Waals surface area contributed by atoms with Crippen molar-refractivity contribution >= 4 is 18.3 Å². The fraction of sp³-hybridized carbons (Fsp3) is 0.889. The molecule has 76 valence electrons. The third kappa shape index (κ3) is 2.58. The maximum atomic E-state index is 11.5. The molecule has 0 aromatic rings. The lowest BCUT2D eigenvalue weighted by Gasteiger charge is -2.27. The first-order valence-electron chi connectivity index (χ1n) is 4.87. The van der Waals surface area contributed by atoms with Crippen LogP contribution in [0, 0.1) is 5.92 Å². The molecule has 4 heteroatoms. The van der Waals surface area contributed by atoms with Crippen molar-refractivity contribution in [3.63, 3.8) is 0 Å². The van der Waals surface area contributed by atoms with E-state index in [0.717, 1.165) is 19.5 Å². The lowest BCUT2D eigenvalue weighted by molar-refractivity contribution is -0.125. The van der Waals surface area contributed by atoms with Gasteiger partial charge in [-0.1, -0.05) is 0 Å². The average Bonchev–Trinajstić information content (AvgIpc) is 2.47. The van der Waals surface area contributed by atoms with E-state index in [1.807, 2.05) is 0 Å². The van der Waals surface area contributed by atoms with Gasteiger partial charge in [0, 0.05) is 12.6 Å². The summed E-state index contributed by atoms with van der Waals surface area (Å²) in [6, 6.07) is 0.498. The molecule has 1 saturated heterocycles. The Morgan fingerprint density at radius 1 is 1.31 bits per heavy atom. The van der Waals surface area contributed by atoms with Gasteiger partial charge in [0.05, 0.1) is 5.92 Å². The van der Waals surface area contributed by atoms with E-state index in [2.05, 4.69) is 10.6 Å². The van der Waals surface area contributed by atoms with E-state index < -0.39 is 0 Å². The van der Waals surface area contributed by atoms with Gasteiger partial charge in [0.1, 0.15) is 0 Å². The number of halogens is 1. The molecule has 1 aliphatic heterocycles. The Kier molecular flexibility index (Phi) is 4.00. The van der Waals surface area contributed by atoms with E-state index in [1.54, 1.807) is 0 Å². The highest BCUT2D eigenvalue weighted by atomic mass is 35.5. The highest BCUT2D eigenvalue weighted by Gasteiger charge is 2.26. The summed E-state index contributed by atoms with van der Waals surface area (Å²) in [6.45, 7) is 1.88. The van der Waals surface area contributed by atoms with E-state index >= 15 is 0 Å². The maximum Gasteiger partial charge on any atom is 0.224 e. The number of carbonyl (C=O) groups is 1. The summed E-state index contributed by atoms with van der Waals surface area (Å²) < 4.78 is 0. The Bertz CT molecular complexity index is 176. The summed E-state index contributed by atoms with van der Waals surface area (Å²) in [4.78, 5) is 11.5. The predicted octanol–water partition coefficient (Wildman–Crippen LogP) is 0.686. The van der Waals surface area contributed by atoms with E-state index in [-0.39, 0.29) is 24.2 Å². The van der Waals surface area contributed by atoms with Crippen molar-refractivity contribution in [3.05, 3.63) is 0 Å². The van der Waals surface area contributed by atoms with Gasteiger partial charge in [0.25, 0.3) is 0 Å². The Morgan fingerprint density at radius 2 is 2.08 bits per heavy atom. The highest BCUT2D eigenvalue weighted by molar-refractivity contribution is 5.85. The molecule has 0 radical (unpaired) electrons. The van der Waals surface area contributed by atoms with Gasteiger partial charge in [-0.2, -0.15) is 0 Å². The molecular weight excluding hydrogens is 188 g/mol. The van der Waals surface area contributed by atoms with Crippen molar-refractivity contribution in [2.24, 2.45) is 5.92 Å². The van der Waals surface area contributed by atoms with Gasteiger partial charge in [0.2, 0.25) is 5.91 Å². The normalized spacial score (nSPS) is 27.5. The zero-order valence-corrected chi connectivity index (χ0v) is 8.53. The van der Waals surface area contributed by atoms with Crippen LogP contribution in [0.3, 0.4) is 0 Å². The van der Waals surface area contributed by atoms with Crippen molar-refractivity contribution in [2.45, 2.75) is 31.7 Å². The van der Waals surface area contributed by atoms with Crippen LogP contribution in [0.1, 0.15) is 25.7 Å². The van der Waals surface area contributed by atoms with Crippen molar-refractivity contribution < 1.29 is 4.79 Å². The van der Waals surface area contributed by atoms with Gasteiger partial charge in [-0.15, -0.1) is 12.4 Å². The van der Waals surface area contributed by atoms with Crippen LogP contribution in [0.4, 0.5) is 0 Å². The number of amides is 1. The number of nitrogens with one attached hydrogen (secondary N) is 2.